The number of nitrogens with one attached hydrogen (secondary N) is 1. The van der Waals surface area contributed by atoms with Crippen LogP contribution < -0.4 is 5.32 Å². The number of carbonyl (C=O) groups excluding carboxylic acids is 1. The van der Waals surface area contributed by atoms with Crippen LogP contribution in [-0.4, -0.2) is 67.8 Å². The molecule has 1 aromatic rings. The number of nitrogens with zero attached hydrogens (tertiary/aromatic N) is 2. The predicted octanol–water partition coefficient (Wildman–Crippen LogP) is 3.18. The molecular weight excluding hydrogens is 386 g/mol. The summed E-state index contributed by atoms with van der Waals surface area (Å²) in [5.41, 5.74) is -0.308. The molecular formula is C22H37N3O5. The molecule has 0 saturated carbocycles. The highest BCUT2D eigenvalue weighted by Crippen LogP contribution is 2.28. The van der Waals surface area contributed by atoms with Gasteiger partial charge in [0.25, 0.3) is 0 Å². The van der Waals surface area contributed by atoms with E-state index >= 15 is 0 Å². The van der Waals surface area contributed by atoms with Gasteiger partial charge in [-0.3, -0.25) is 15.0 Å². The summed E-state index contributed by atoms with van der Waals surface area (Å²) in [4.78, 5) is 15.0. The Bertz CT molecular complexity index is 691. The summed E-state index contributed by atoms with van der Waals surface area (Å²) in [5, 5.41) is 7.05. The number of anilines is 1. The second-order valence-electron chi connectivity index (χ2n) is 9.69. The molecule has 2 unspecified atom stereocenters. The Labute approximate surface area is 179 Å². The molecule has 30 heavy (non-hydrogen) atoms. The lowest BCUT2D eigenvalue weighted by Gasteiger charge is -2.35. The largest absolute Gasteiger partial charge is 0.381 e. The van der Waals surface area contributed by atoms with Crippen molar-refractivity contribution < 1.29 is 23.5 Å². The van der Waals surface area contributed by atoms with E-state index in [4.69, 9.17) is 18.7 Å². The van der Waals surface area contributed by atoms with Gasteiger partial charge in [0, 0.05) is 31.2 Å². The zero-order chi connectivity index (χ0) is 21.8. The lowest BCUT2D eigenvalue weighted by atomic mass is 9.90. The SMILES string of the molecule is CN(CC1CCOC1)C(C)(C)C(=O)Nc1cc(C(C)(C)COC2CCCCO2)no1. The van der Waals surface area contributed by atoms with Crippen molar-refractivity contribution in [3.8, 4) is 0 Å². The molecule has 3 rings (SSSR count). The van der Waals surface area contributed by atoms with Crippen LogP contribution in [0.25, 0.3) is 0 Å². The summed E-state index contributed by atoms with van der Waals surface area (Å²) in [5.74, 6) is 0.687. The molecule has 0 bridgehead atoms. The van der Waals surface area contributed by atoms with E-state index in [9.17, 15) is 4.79 Å². The van der Waals surface area contributed by atoms with Crippen LogP contribution in [0.1, 0.15) is 59.1 Å². The molecule has 2 aliphatic heterocycles. The molecule has 1 amide bonds. The lowest BCUT2D eigenvalue weighted by molar-refractivity contribution is -0.170. The van der Waals surface area contributed by atoms with Crippen molar-refractivity contribution in [2.45, 2.75) is 70.6 Å². The van der Waals surface area contributed by atoms with Gasteiger partial charge in [0.05, 0.1) is 24.4 Å². The van der Waals surface area contributed by atoms with E-state index in [1.54, 1.807) is 6.07 Å². The summed E-state index contributed by atoms with van der Waals surface area (Å²) in [6.45, 7) is 11.5. The monoisotopic (exact) mass is 423 g/mol. The number of hydrogen-bond donors (Lipinski definition) is 1. The molecule has 0 aliphatic carbocycles. The van der Waals surface area contributed by atoms with Gasteiger partial charge in [-0.25, -0.2) is 0 Å². The molecule has 0 aromatic carbocycles. The summed E-state index contributed by atoms with van der Waals surface area (Å²) < 4.78 is 22.4. The van der Waals surface area contributed by atoms with Gasteiger partial charge in [0.15, 0.2) is 6.29 Å². The maximum atomic E-state index is 12.9. The van der Waals surface area contributed by atoms with Crippen molar-refractivity contribution in [2.24, 2.45) is 5.92 Å². The summed E-state index contributed by atoms with van der Waals surface area (Å²) in [6, 6.07) is 1.78. The quantitative estimate of drug-likeness (QED) is 0.653. The lowest BCUT2D eigenvalue weighted by Crippen LogP contribution is -2.52. The molecule has 1 N–H and O–H groups in total. The fraction of sp³-hybridized carbons (Fsp3) is 0.818. The Morgan fingerprint density at radius 3 is 2.73 bits per heavy atom. The molecule has 8 heteroatoms. The molecule has 2 saturated heterocycles. The van der Waals surface area contributed by atoms with Gasteiger partial charge < -0.3 is 18.7 Å². The van der Waals surface area contributed by atoms with E-state index in [-0.39, 0.29) is 17.6 Å². The van der Waals surface area contributed by atoms with Crippen molar-refractivity contribution in [2.75, 3.05) is 45.3 Å². The second kappa shape index (κ2) is 9.77. The van der Waals surface area contributed by atoms with Gasteiger partial charge in [-0.1, -0.05) is 19.0 Å². The second-order valence-corrected chi connectivity index (χ2v) is 9.69. The smallest absolute Gasteiger partial charge is 0.246 e. The van der Waals surface area contributed by atoms with Gasteiger partial charge in [-0.05, 0) is 52.5 Å². The predicted molar refractivity (Wildman–Crippen MR) is 113 cm³/mol. The van der Waals surface area contributed by atoms with E-state index in [0.717, 1.165) is 57.7 Å². The summed E-state index contributed by atoms with van der Waals surface area (Å²) in [6.07, 6.45) is 4.03. The maximum absolute atomic E-state index is 12.9. The minimum absolute atomic E-state index is 0.128. The van der Waals surface area contributed by atoms with Gasteiger partial charge in [0.1, 0.15) is 0 Å². The Hall–Kier alpha value is -1.48. The third kappa shape index (κ3) is 5.81. The number of carbonyl (C=O) groups is 1. The van der Waals surface area contributed by atoms with Crippen LogP contribution >= 0.6 is 0 Å². The number of ether oxygens (including phenoxy) is 3. The van der Waals surface area contributed by atoms with E-state index in [1.165, 1.54) is 0 Å². The Morgan fingerprint density at radius 2 is 2.07 bits per heavy atom. The number of likely N-dealkylation sites (N-methyl/N-ethyl adjacent to an activating group) is 1. The minimum atomic E-state index is -0.688. The summed E-state index contributed by atoms with van der Waals surface area (Å²) >= 11 is 0. The molecule has 1 aromatic heterocycles. The first kappa shape index (κ1) is 23.2. The first-order valence-corrected chi connectivity index (χ1v) is 11.0. The van der Waals surface area contributed by atoms with Crippen LogP contribution in [-0.2, 0) is 24.4 Å². The van der Waals surface area contributed by atoms with Crippen molar-refractivity contribution in [1.82, 2.24) is 10.1 Å². The van der Waals surface area contributed by atoms with Crippen LogP contribution in [0.4, 0.5) is 5.88 Å². The number of aromatic nitrogens is 1. The van der Waals surface area contributed by atoms with Crippen LogP contribution in [0, 0.1) is 5.92 Å². The minimum Gasteiger partial charge on any atom is -0.381 e. The zero-order valence-corrected chi connectivity index (χ0v) is 19.0. The van der Waals surface area contributed by atoms with Crippen LogP contribution in [0.15, 0.2) is 10.6 Å². The first-order valence-electron chi connectivity index (χ1n) is 11.0. The molecule has 0 radical (unpaired) electrons. The number of amides is 1. The number of hydrogen-bond acceptors (Lipinski definition) is 7. The topological polar surface area (TPSA) is 86.1 Å². The third-order valence-corrected chi connectivity index (χ3v) is 6.27. The summed E-state index contributed by atoms with van der Waals surface area (Å²) in [7, 11) is 1.97. The normalized spacial score (nSPS) is 23.1. The molecule has 0 spiro atoms. The fourth-order valence-electron chi connectivity index (χ4n) is 3.65. The Morgan fingerprint density at radius 1 is 1.27 bits per heavy atom. The molecule has 170 valence electrons. The molecule has 8 nitrogen and oxygen atoms in total. The van der Waals surface area contributed by atoms with Gasteiger partial charge in [-0.2, -0.15) is 0 Å². The van der Waals surface area contributed by atoms with E-state index in [0.29, 0.717) is 18.4 Å². The maximum Gasteiger partial charge on any atom is 0.246 e. The van der Waals surface area contributed by atoms with Crippen LogP contribution in [0.2, 0.25) is 0 Å². The zero-order valence-electron chi connectivity index (χ0n) is 19.0. The van der Waals surface area contributed by atoms with E-state index < -0.39 is 5.54 Å². The Balaban J connectivity index is 1.54. The van der Waals surface area contributed by atoms with Crippen molar-refractivity contribution >= 4 is 11.8 Å². The standard InChI is InChI=1S/C22H37N3O5/c1-21(2,15-29-19-8-6-7-10-28-19)17-12-18(30-24-17)23-20(26)22(3,4)25(5)13-16-9-11-27-14-16/h12,16,19H,6-11,13-15H2,1-5H3,(H,23,26). The van der Waals surface area contributed by atoms with Crippen LogP contribution in [0.3, 0.4) is 0 Å². The Kier molecular flexibility index (Phi) is 7.55. The highest BCUT2D eigenvalue weighted by atomic mass is 16.7. The average molecular weight is 424 g/mol. The highest BCUT2D eigenvalue weighted by molar-refractivity contribution is 5.96. The van der Waals surface area contributed by atoms with Crippen LogP contribution in [0.5, 0.6) is 0 Å². The van der Waals surface area contributed by atoms with Crippen molar-refractivity contribution in [3.63, 3.8) is 0 Å². The van der Waals surface area contributed by atoms with Gasteiger partial charge >= 0.3 is 0 Å². The van der Waals surface area contributed by atoms with Gasteiger partial charge in [-0.15, -0.1) is 0 Å². The first-order chi connectivity index (χ1) is 14.2. The fourth-order valence-corrected chi connectivity index (χ4v) is 3.65. The molecule has 2 atom stereocenters. The van der Waals surface area contributed by atoms with Crippen molar-refractivity contribution in [1.29, 1.82) is 0 Å². The molecule has 2 fully saturated rings. The highest BCUT2D eigenvalue weighted by Gasteiger charge is 2.35. The average Bonchev–Trinajstić information content (AvgIpc) is 3.39. The van der Waals surface area contributed by atoms with Crippen molar-refractivity contribution in [3.05, 3.63) is 11.8 Å². The van der Waals surface area contributed by atoms with Gasteiger partial charge in [0.2, 0.25) is 11.8 Å². The molecule has 2 aliphatic rings. The third-order valence-electron chi connectivity index (χ3n) is 6.27. The van der Waals surface area contributed by atoms with E-state index in [1.807, 2.05) is 34.7 Å². The van der Waals surface area contributed by atoms with E-state index in [2.05, 4.69) is 15.4 Å². The number of rotatable bonds is 9. The molecule has 3 heterocycles.